The lowest BCUT2D eigenvalue weighted by Crippen LogP contribution is -1.77. The van der Waals surface area contributed by atoms with Gasteiger partial charge in [0.15, 0.2) is 0 Å². The lowest BCUT2D eigenvalue weighted by Gasteiger charge is -2.04. The van der Waals surface area contributed by atoms with Crippen LogP contribution in [0, 0.1) is 0 Å². The largest absolute Gasteiger partial charge is 0.144 e. The standard InChI is InChI=1S/C18H10S2/c1-2-17-15(4-6-19-17)16-9-14-10-18-12(3-5-20-18)8-13(14)7-11(1)16/h1-10H. The maximum atomic E-state index is 2.35. The Kier molecular flexibility index (Phi) is 2.07. The first kappa shape index (κ1) is 10.8. The molecule has 5 rings (SSSR count). The number of thiophene rings is 2. The van der Waals surface area contributed by atoms with E-state index in [1.807, 2.05) is 22.7 Å². The van der Waals surface area contributed by atoms with Crippen molar-refractivity contribution in [3.63, 3.8) is 0 Å². The normalized spacial score (nSPS) is 12.0. The van der Waals surface area contributed by atoms with Crippen LogP contribution >= 0.6 is 22.7 Å². The molecular weight excluding hydrogens is 280 g/mol. The first-order valence-corrected chi connectivity index (χ1v) is 8.35. The highest BCUT2D eigenvalue weighted by atomic mass is 32.1. The van der Waals surface area contributed by atoms with Crippen molar-refractivity contribution in [3.8, 4) is 0 Å². The predicted molar refractivity (Wildman–Crippen MR) is 92.2 cm³/mol. The van der Waals surface area contributed by atoms with E-state index in [-0.39, 0.29) is 0 Å². The maximum Gasteiger partial charge on any atom is 0.0349 e. The van der Waals surface area contributed by atoms with Crippen LogP contribution in [0.15, 0.2) is 59.3 Å². The number of hydrogen-bond acceptors (Lipinski definition) is 2. The van der Waals surface area contributed by atoms with E-state index in [2.05, 4.69) is 59.3 Å². The third-order valence-corrected chi connectivity index (χ3v) is 5.74. The molecule has 2 aromatic heterocycles. The first-order valence-electron chi connectivity index (χ1n) is 6.59. The second kappa shape index (κ2) is 3.81. The molecule has 0 saturated carbocycles. The van der Waals surface area contributed by atoms with Crippen molar-refractivity contribution < 1.29 is 0 Å². The molecule has 0 aliphatic heterocycles. The Morgan fingerprint density at radius 3 is 2.30 bits per heavy atom. The zero-order valence-corrected chi connectivity index (χ0v) is 12.2. The van der Waals surface area contributed by atoms with Gasteiger partial charge in [-0.25, -0.2) is 0 Å². The first-order chi connectivity index (χ1) is 9.88. The second-order valence-electron chi connectivity index (χ2n) is 5.13. The minimum atomic E-state index is 1.33. The lowest BCUT2D eigenvalue weighted by molar-refractivity contribution is 1.89. The number of hydrogen-bond donors (Lipinski definition) is 0. The molecule has 0 bridgehead atoms. The molecule has 3 aromatic carbocycles. The van der Waals surface area contributed by atoms with E-state index in [9.17, 15) is 0 Å². The van der Waals surface area contributed by atoms with Gasteiger partial charge in [0, 0.05) is 14.8 Å². The van der Waals surface area contributed by atoms with Crippen LogP contribution in [-0.2, 0) is 0 Å². The van der Waals surface area contributed by atoms with Crippen LogP contribution in [-0.4, -0.2) is 0 Å². The topological polar surface area (TPSA) is 0 Å². The fourth-order valence-electron chi connectivity index (χ4n) is 2.99. The molecule has 0 aliphatic rings. The van der Waals surface area contributed by atoms with Gasteiger partial charge in [0.1, 0.15) is 0 Å². The summed E-state index contributed by atoms with van der Waals surface area (Å²) in [5.74, 6) is 0. The molecule has 0 fully saturated rings. The molecule has 0 N–H and O–H groups in total. The summed E-state index contributed by atoms with van der Waals surface area (Å²) in [6.07, 6.45) is 0. The smallest absolute Gasteiger partial charge is 0.0349 e. The van der Waals surface area contributed by atoms with Crippen molar-refractivity contribution in [2.45, 2.75) is 0 Å². The predicted octanol–water partition coefficient (Wildman–Crippen LogP) is 6.42. The zero-order chi connectivity index (χ0) is 13.1. The quantitative estimate of drug-likeness (QED) is 0.289. The van der Waals surface area contributed by atoms with Crippen LogP contribution in [0.3, 0.4) is 0 Å². The van der Waals surface area contributed by atoms with Crippen LogP contribution in [0.4, 0.5) is 0 Å². The Bertz CT molecular complexity index is 1090. The molecule has 0 atom stereocenters. The molecule has 0 spiro atoms. The van der Waals surface area contributed by atoms with Gasteiger partial charge in [-0.1, -0.05) is 6.07 Å². The molecule has 0 nitrogen and oxygen atoms in total. The highest BCUT2D eigenvalue weighted by Gasteiger charge is 2.05. The highest BCUT2D eigenvalue weighted by molar-refractivity contribution is 7.17. The molecule has 2 heterocycles. The minimum Gasteiger partial charge on any atom is -0.144 e. The number of rotatable bonds is 0. The molecule has 0 amide bonds. The third-order valence-electron chi connectivity index (χ3n) is 3.98. The Labute approximate surface area is 123 Å². The summed E-state index contributed by atoms with van der Waals surface area (Å²) in [6.45, 7) is 0. The molecule has 20 heavy (non-hydrogen) atoms. The third kappa shape index (κ3) is 1.41. The van der Waals surface area contributed by atoms with Gasteiger partial charge in [0.2, 0.25) is 0 Å². The molecule has 5 aromatic rings. The highest BCUT2D eigenvalue weighted by Crippen LogP contribution is 2.34. The number of fused-ring (bicyclic) bond motifs is 5. The Balaban J connectivity index is 2.03. The fraction of sp³-hybridized carbons (Fsp3) is 0. The average molecular weight is 290 g/mol. The summed E-state index contributed by atoms with van der Waals surface area (Å²) in [4.78, 5) is 0. The second-order valence-corrected chi connectivity index (χ2v) is 7.02. The summed E-state index contributed by atoms with van der Waals surface area (Å²) < 4.78 is 2.74. The van der Waals surface area contributed by atoms with E-state index < -0.39 is 0 Å². The van der Waals surface area contributed by atoms with E-state index in [1.165, 1.54) is 41.7 Å². The van der Waals surface area contributed by atoms with E-state index in [0.29, 0.717) is 0 Å². The molecule has 0 saturated heterocycles. The van der Waals surface area contributed by atoms with Crippen molar-refractivity contribution in [1.82, 2.24) is 0 Å². The van der Waals surface area contributed by atoms with Crippen molar-refractivity contribution in [3.05, 3.63) is 59.3 Å². The van der Waals surface area contributed by atoms with Crippen LogP contribution in [0.1, 0.15) is 0 Å². The van der Waals surface area contributed by atoms with Crippen LogP contribution in [0.5, 0.6) is 0 Å². The molecule has 0 aliphatic carbocycles. The fourth-order valence-corrected chi connectivity index (χ4v) is 4.61. The van der Waals surface area contributed by atoms with Gasteiger partial charge in [0.25, 0.3) is 0 Å². The van der Waals surface area contributed by atoms with E-state index in [0.717, 1.165) is 0 Å². The van der Waals surface area contributed by atoms with Gasteiger partial charge < -0.3 is 0 Å². The molecule has 0 unspecified atom stereocenters. The van der Waals surface area contributed by atoms with E-state index >= 15 is 0 Å². The average Bonchev–Trinajstić information content (AvgIpc) is 3.10. The summed E-state index contributed by atoms with van der Waals surface area (Å²) in [5.41, 5.74) is 0. The molecular formula is C18H10S2. The summed E-state index contributed by atoms with van der Waals surface area (Å²) in [5, 5.41) is 12.4. The van der Waals surface area contributed by atoms with Gasteiger partial charge in [-0.2, -0.15) is 0 Å². The van der Waals surface area contributed by atoms with Gasteiger partial charge in [-0.3, -0.25) is 0 Å². The van der Waals surface area contributed by atoms with Crippen molar-refractivity contribution in [2.24, 2.45) is 0 Å². The Hall–Kier alpha value is -1.90. The lowest BCUT2D eigenvalue weighted by atomic mass is 10.0. The van der Waals surface area contributed by atoms with Crippen molar-refractivity contribution in [1.29, 1.82) is 0 Å². The van der Waals surface area contributed by atoms with Gasteiger partial charge >= 0.3 is 0 Å². The van der Waals surface area contributed by atoms with Crippen molar-refractivity contribution >= 4 is 64.4 Å². The summed E-state index contributed by atoms with van der Waals surface area (Å²) >= 11 is 3.63. The van der Waals surface area contributed by atoms with Crippen LogP contribution < -0.4 is 0 Å². The van der Waals surface area contributed by atoms with Gasteiger partial charge in [-0.15, -0.1) is 22.7 Å². The molecule has 94 valence electrons. The summed E-state index contributed by atoms with van der Waals surface area (Å²) in [7, 11) is 0. The molecule has 0 radical (unpaired) electrons. The van der Waals surface area contributed by atoms with Gasteiger partial charge in [0.05, 0.1) is 0 Å². The zero-order valence-electron chi connectivity index (χ0n) is 10.6. The minimum absolute atomic E-state index is 1.33. The summed E-state index contributed by atoms with van der Waals surface area (Å²) in [6, 6.07) is 18.2. The van der Waals surface area contributed by atoms with Crippen LogP contribution in [0.2, 0.25) is 0 Å². The SMILES string of the molecule is c1cc2cc3cc4ccc5sccc5c4cc3cc2s1. The molecule has 2 heteroatoms. The van der Waals surface area contributed by atoms with Gasteiger partial charge in [-0.05, 0) is 80.2 Å². The monoisotopic (exact) mass is 290 g/mol. The maximum absolute atomic E-state index is 2.35. The Morgan fingerprint density at radius 1 is 0.500 bits per heavy atom. The number of benzene rings is 3. The van der Waals surface area contributed by atoms with Crippen molar-refractivity contribution in [2.75, 3.05) is 0 Å². The van der Waals surface area contributed by atoms with E-state index in [1.54, 1.807) is 0 Å². The van der Waals surface area contributed by atoms with E-state index in [4.69, 9.17) is 0 Å². The Morgan fingerprint density at radius 2 is 1.30 bits per heavy atom. The van der Waals surface area contributed by atoms with Crippen LogP contribution in [0.25, 0.3) is 41.7 Å².